The third-order valence-electron chi connectivity index (χ3n) is 4.16. The van der Waals surface area contributed by atoms with Gasteiger partial charge in [-0.25, -0.2) is 0 Å². The molecule has 2 heterocycles. The topological polar surface area (TPSA) is 29.3 Å². The summed E-state index contributed by atoms with van der Waals surface area (Å²) in [5, 5.41) is 4.21. The summed E-state index contributed by atoms with van der Waals surface area (Å²) in [6, 6.07) is 2.04. The molecule has 0 unspecified atom stereocenters. The summed E-state index contributed by atoms with van der Waals surface area (Å²) in [7, 11) is 0. The molecule has 0 aromatic carbocycles. The van der Waals surface area contributed by atoms with E-state index < -0.39 is 0 Å². The van der Waals surface area contributed by atoms with Crippen molar-refractivity contribution in [2.45, 2.75) is 39.7 Å². The van der Waals surface area contributed by atoms with Crippen molar-refractivity contribution < 1.29 is 4.52 Å². The Morgan fingerprint density at radius 1 is 1.48 bits per heavy atom. The zero-order chi connectivity index (χ0) is 15.1. The van der Waals surface area contributed by atoms with Gasteiger partial charge in [0.25, 0.3) is 0 Å². The normalized spacial score (nSPS) is 18.5. The Balaban J connectivity index is 1.97. The molecule has 3 heteroatoms. The predicted octanol–water partition coefficient (Wildman–Crippen LogP) is 4.44. The van der Waals surface area contributed by atoms with Crippen LogP contribution in [0.25, 0.3) is 5.57 Å². The molecule has 0 bridgehead atoms. The minimum Gasteiger partial charge on any atom is -0.356 e. The molecule has 0 atom stereocenters. The molecule has 1 aromatic rings. The molecule has 0 aliphatic carbocycles. The molecule has 0 saturated carbocycles. The van der Waals surface area contributed by atoms with E-state index in [9.17, 15) is 0 Å². The number of rotatable bonds is 6. The van der Waals surface area contributed by atoms with Crippen LogP contribution in [0, 0.1) is 5.92 Å². The maximum atomic E-state index is 5.47. The van der Waals surface area contributed by atoms with Crippen LogP contribution in [0.1, 0.15) is 44.6 Å². The number of likely N-dealkylation sites (tertiary alicyclic amines) is 1. The highest BCUT2D eigenvalue weighted by atomic mass is 16.5. The highest BCUT2D eigenvalue weighted by molar-refractivity contribution is 5.71. The van der Waals surface area contributed by atoms with Crippen LogP contribution in [0.2, 0.25) is 0 Å². The maximum Gasteiger partial charge on any atom is 0.167 e. The fourth-order valence-corrected chi connectivity index (χ4v) is 2.83. The zero-order valence-electron chi connectivity index (χ0n) is 13.2. The highest BCUT2D eigenvalue weighted by Crippen LogP contribution is 2.22. The van der Waals surface area contributed by atoms with E-state index in [1.807, 2.05) is 31.2 Å². The number of piperidine rings is 1. The average Bonchev–Trinajstić information content (AvgIpc) is 2.96. The molecule has 1 aromatic heterocycles. The van der Waals surface area contributed by atoms with E-state index in [2.05, 4.69) is 23.6 Å². The Bertz CT molecular complexity index is 505. The number of hydrogen-bond donors (Lipinski definition) is 0. The van der Waals surface area contributed by atoms with Crippen LogP contribution in [-0.4, -0.2) is 23.1 Å². The minimum atomic E-state index is 0.812. The zero-order valence-corrected chi connectivity index (χ0v) is 13.2. The van der Waals surface area contributed by atoms with Crippen molar-refractivity contribution in [2.75, 3.05) is 13.1 Å². The molecule has 0 amide bonds. The number of nitrogens with zero attached hydrogens (tertiary/aromatic N) is 2. The lowest BCUT2D eigenvalue weighted by Crippen LogP contribution is -2.33. The standard InChI is InChI=1S/C18H26N2O/c1-4-7-16(8-5-2)18-13-17(19-21-18)14-20-11-9-15(6-3)10-12-20/h4-5,7-8,13,15H,1,6,9-12,14H2,2-3H3/b8-5-,16-7+. The maximum absolute atomic E-state index is 5.47. The molecule has 0 spiro atoms. The van der Waals surface area contributed by atoms with Gasteiger partial charge in [0.15, 0.2) is 5.76 Å². The van der Waals surface area contributed by atoms with Crippen LogP contribution < -0.4 is 0 Å². The van der Waals surface area contributed by atoms with Gasteiger partial charge in [0, 0.05) is 18.2 Å². The smallest absolute Gasteiger partial charge is 0.167 e. The molecule has 0 radical (unpaired) electrons. The van der Waals surface area contributed by atoms with Crippen molar-refractivity contribution in [1.29, 1.82) is 0 Å². The molecule has 2 rings (SSSR count). The largest absolute Gasteiger partial charge is 0.356 e. The monoisotopic (exact) mass is 286 g/mol. The summed E-state index contributed by atoms with van der Waals surface area (Å²) in [4.78, 5) is 2.47. The Morgan fingerprint density at radius 2 is 2.24 bits per heavy atom. The van der Waals surface area contributed by atoms with Crippen LogP contribution in [0.15, 0.2) is 41.5 Å². The molecule has 0 N–H and O–H groups in total. The first kappa shape index (κ1) is 15.8. The van der Waals surface area contributed by atoms with E-state index in [4.69, 9.17) is 4.52 Å². The van der Waals surface area contributed by atoms with E-state index in [1.165, 1.54) is 32.4 Å². The van der Waals surface area contributed by atoms with Gasteiger partial charge in [-0.05, 0) is 38.8 Å². The van der Waals surface area contributed by atoms with Crippen molar-refractivity contribution in [2.24, 2.45) is 5.92 Å². The van der Waals surface area contributed by atoms with Crippen LogP contribution in [0.3, 0.4) is 0 Å². The lowest BCUT2D eigenvalue weighted by Gasteiger charge is -2.30. The van der Waals surface area contributed by atoms with Crippen molar-refractivity contribution >= 4 is 5.57 Å². The van der Waals surface area contributed by atoms with E-state index in [1.54, 1.807) is 6.08 Å². The first-order valence-corrected chi connectivity index (χ1v) is 7.90. The molecule has 114 valence electrons. The van der Waals surface area contributed by atoms with Gasteiger partial charge in [-0.1, -0.05) is 49.4 Å². The Hall–Kier alpha value is -1.61. The van der Waals surface area contributed by atoms with E-state index in [0.29, 0.717) is 0 Å². The lowest BCUT2D eigenvalue weighted by atomic mass is 9.94. The van der Waals surface area contributed by atoms with E-state index >= 15 is 0 Å². The summed E-state index contributed by atoms with van der Waals surface area (Å²) >= 11 is 0. The number of aromatic nitrogens is 1. The van der Waals surface area contributed by atoms with E-state index in [0.717, 1.165) is 29.5 Å². The minimum absolute atomic E-state index is 0.812. The Morgan fingerprint density at radius 3 is 2.86 bits per heavy atom. The van der Waals surface area contributed by atoms with Gasteiger partial charge in [-0.15, -0.1) is 0 Å². The van der Waals surface area contributed by atoms with Gasteiger partial charge in [-0.2, -0.15) is 0 Å². The third kappa shape index (κ3) is 4.43. The number of allylic oxidation sites excluding steroid dienone is 5. The van der Waals surface area contributed by atoms with Crippen molar-refractivity contribution in [3.05, 3.63) is 48.4 Å². The Labute approximate surface area is 128 Å². The average molecular weight is 286 g/mol. The van der Waals surface area contributed by atoms with Crippen LogP contribution in [0.5, 0.6) is 0 Å². The van der Waals surface area contributed by atoms with Gasteiger partial charge in [-0.3, -0.25) is 4.90 Å². The molecule has 1 saturated heterocycles. The fourth-order valence-electron chi connectivity index (χ4n) is 2.83. The molecular formula is C18H26N2O. The number of hydrogen-bond acceptors (Lipinski definition) is 3. The summed E-state index contributed by atoms with van der Waals surface area (Å²) < 4.78 is 5.47. The van der Waals surface area contributed by atoms with Crippen molar-refractivity contribution in [1.82, 2.24) is 10.1 Å². The quantitative estimate of drug-likeness (QED) is 0.724. The first-order chi connectivity index (χ1) is 10.3. The molecule has 1 aliphatic heterocycles. The van der Waals surface area contributed by atoms with E-state index in [-0.39, 0.29) is 0 Å². The Kier molecular flexibility index (Phi) is 6.00. The molecule has 3 nitrogen and oxygen atoms in total. The predicted molar refractivity (Wildman–Crippen MR) is 87.8 cm³/mol. The summed E-state index contributed by atoms with van der Waals surface area (Å²) in [5.74, 6) is 1.72. The second kappa shape index (κ2) is 7.99. The lowest BCUT2D eigenvalue weighted by molar-refractivity contribution is 0.171. The third-order valence-corrected chi connectivity index (χ3v) is 4.16. The SMILES string of the molecule is C=C/C=C(\C=C/C)c1cc(CN2CCC(CC)CC2)no1. The van der Waals surface area contributed by atoms with Gasteiger partial charge in [0.1, 0.15) is 0 Å². The van der Waals surface area contributed by atoms with Gasteiger partial charge in [0.05, 0.1) is 5.69 Å². The van der Waals surface area contributed by atoms with Crippen molar-refractivity contribution in [3.8, 4) is 0 Å². The molecule has 1 aliphatic rings. The second-order valence-electron chi connectivity index (χ2n) is 5.67. The van der Waals surface area contributed by atoms with Gasteiger partial charge < -0.3 is 4.52 Å². The molecule has 1 fully saturated rings. The fraction of sp³-hybridized carbons (Fsp3) is 0.500. The molecule has 21 heavy (non-hydrogen) atoms. The summed E-state index contributed by atoms with van der Waals surface area (Å²) in [6.07, 6.45) is 11.6. The molecular weight excluding hydrogens is 260 g/mol. The van der Waals surface area contributed by atoms with Crippen LogP contribution in [0.4, 0.5) is 0 Å². The highest BCUT2D eigenvalue weighted by Gasteiger charge is 2.19. The van der Waals surface area contributed by atoms with Crippen molar-refractivity contribution in [3.63, 3.8) is 0 Å². The van der Waals surface area contributed by atoms with Gasteiger partial charge >= 0.3 is 0 Å². The summed E-state index contributed by atoms with van der Waals surface area (Å²) in [5.41, 5.74) is 2.02. The second-order valence-corrected chi connectivity index (χ2v) is 5.67. The van der Waals surface area contributed by atoms with Gasteiger partial charge in [0.2, 0.25) is 0 Å². The first-order valence-electron chi connectivity index (χ1n) is 7.90. The van der Waals surface area contributed by atoms with Crippen LogP contribution in [-0.2, 0) is 6.54 Å². The summed E-state index contributed by atoms with van der Waals surface area (Å²) in [6.45, 7) is 11.3. The van der Waals surface area contributed by atoms with Crippen LogP contribution >= 0.6 is 0 Å².